The summed E-state index contributed by atoms with van der Waals surface area (Å²) >= 11 is 0. The Bertz CT molecular complexity index is 136. The number of rotatable bonds is 6. The summed E-state index contributed by atoms with van der Waals surface area (Å²) in [4.78, 5) is 13.1. The SMILES string of the molecule is CCNC(=O)OCCN(CC)CC. The van der Waals surface area contributed by atoms with Gasteiger partial charge in [0.25, 0.3) is 0 Å². The molecule has 0 aromatic carbocycles. The zero-order chi connectivity index (χ0) is 10.1. The van der Waals surface area contributed by atoms with Crippen molar-refractivity contribution in [2.24, 2.45) is 0 Å². The molecule has 0 saturated heterocycles. The van der Waals surface area contributed by atoms with E-state index in [0.717, 1.165) is 19.6 Å². The third-order valence-electron chi connectivity index (χ3n) is 1.86. The van der Waals surface area contributed by atoms with Crippen molar-refractivity contribution in [2.45, 2.75) is 20.8 Å². The first-order chi connectivity index (χ1) is 6.24. The van der Waals surface area contributed by atoms with E-state index in [9.17, 15) is 4.79 Å². The van der Waals surface area contributed by atoms with E-state index in [4.69, 9.17) is 4.74 Å². The van der Waals surface area contributed by atoms with E-state index < -0.39 is 0 Å². The predicted molar refractivity (Wildman–Crippen MR) is 52.8 cm³/mol. The summed E-state index contributed by atoms with van der Waals surface area (Å²) in [5.41, 5.74) is 0. The number of carbonyl (C=O) groups excluding carboxylic acids is 1. The minimum Gasteiger partial charge on any atom is -0.448 e. The third kappa shape index (κ3) is 6.40. The number of hydrogen-bond donors (Lipinski definition) is 1. The molecule has 0 fully saturated rings. The summed E-state index contributed by atoms with van der Waals surface area (Å²) in [6.45, 7) is 9.93. The van der Waals surface area contributed by atoms with Crippen LogP contribution in [0.4, 0.5) is 4.79 Å². The van der Waals surface area contributed by atoms with Gasteiger partial charge in [0.2, 0.25) is 0 Å². The second-order valence-electron chi connectivity index (χ2n) is 2.69. The van der Waals surface area contributed by atoms with Crippen LogP contribution in [0.15, 0.2) is 0 Å². The molecule has 0 atom stereocenters. The lowest BCUT2D eigenvalue weighted by Gasteiger charge is -2.17. The Balaban J connectivity index is 3.37. The number of hydrogen-bond acceptors (Lipinski definition) is 3. The van der Waals surface area contributed by atoms with E-state index in [-0.39, 0.29) is 6.09 Å². The third-order valence-corrected chi connectivity index (χ3v) is 1.86. The van der Waals surface area contributed by atoms with E-state index in [1.807, 2.05) is 6.92 Å². The van der Waals surface area contributed by atoms with Gasteiger partial charge < -0.3 is 15.0 Å². The van der Waals surface area contributed by atoms with Crippen LogP contribution >= 0.6 is 0 Å². The summed E-state index contributed by atoms with van der Waals surface area (Å²) in [5, 5.41) is 2.58. The number of nitrogens with one attached hydrogen (secondary N) is 1. The minimum atomic E-state index is -0.324. The van der Waals surface area contributed by atoms with Crippen molar-refractivity contribution in [1.29, 1.82) is 0 Å². The lowest BCUT2D eigenvalue weighted by atomic mass is 10.5. The van der Waals surface area contributed by atoms with Crippen LogP contribution in [0, 0.1) is 0 Å². The molecule has 0 rings (SSSR count). The Morgan fingerprint density at radius 2 is 1.92 bits per heavy atom. The largest absolute Gasteiger partial charge is 0.448 e. The van der Waals surface area contributed by atoms with Gasteiger partial charge in [0.1, 0.15) is 6.61 Å². The second-order valence-corrected chi connectivity index (χ2v) is 2.69. The molecule has 0 aliphatic carbocycles. The molecule has 0 aliphatic heterocycles. The van der Waals surface area contributed by atoms with Crippen molar-refractivity contribution in [3.05, 3.63) is 0 Å². The Labute approximate surface area is 80.2 Å². The Kier molecular flexibility index (Phi) is 7.39. The van der Waals surface area contributed by atoms with Crippen LogP contribution < -0.4 is 5.32 Å². The predicted octanol–water partition coefficient (Wildman–Crippen LogP) is 1.07. The fourth-order valence-electron chi connectivity index (χ4n) is 1.00. The maximum Gasteiger partial charge on any atom is 0.407 e. The van der Waals surface area contributed by atoms with Gasteiger partial charge >= 0.3 is 6.09 Å². The average molecular weight is 188 g/mol. The molecule has 0 spiro atoms. The average Bonchev–Trinajstić information content (AvgIpc) is 2.13. The van der Waals surface area contributed by atoms with Crippen molar-refractivity contribution in [3.8, 4) is 0 Å². The zero-order valence-electron chi connectivity index (χ0n) is 8.80. The number of ether oxygens (including phenoxy) is 1. The van der Waals surface area contributed by atoms with Gasteiger partial charge in [0, 0.05) is 13.1 Å². The summed E-state index contributed by atoms with van der Waals surface area (Å²) in [7, 11) is 0. The van der Waals surface area contributed by atoms with Crippen LogP contribution in [0.2, 0.25) is 0 Å². The summed E-state index contributed by atoms with van der Waals surface area (Å²) in [6, 6.07) is 0. The molecule has 0 aromatic rings. The lowest BCUT2D eigenvalue weighted by molar-refractivity contribution is 0.130. The first-order valence-corrected chi connectivity index (χ1v) is 4.87. The van der Waals surface area contributed by atoms with Gasteiger partial charge in [-0.1, -0.05) is 13.8 Å². The van der Waals surface area contributed by atoms with Crippen LogP contribution in [0.3, 0.4) is 0 Å². The topological polar surface area (TPSA) is 41.6 Å². The van der Waals surface area contributed by atoms with Gasteiger partial charge in [0.05, 0.1) is 0 Å². The smallest absolute Gasteiger partial charge is 0.407 e. The first-order valence-electron chi connectivity index (χ1n) is 4.87. The Morgan fingerprint density at radius 3 is 2.38 bits per heavy atom. The van der Waals surface area contributed by atoms with Gasteiger partial charge in [-0.15, -0.1) is 0 Å². The van der Waals surface area contributed by atoms with Gasteiger partial charge in [0.15, 0.2) is 0 Å². The standard InChI is InChI=1S/C9H20N2O2/c1-4-10-9(12)13-8-7-11(5-2)6-3/h4-8H2,1-3H3,(H,10,12). The molecular formula is C9H20N2O2. The van der Waals surface area contributed by atoms with Gasteiger partial charge in [-0.25, -0.2) is 4.79 Å². The number of likely N-dealkylation sites (N-methyl/N-ethyl adjacent to an activating group) is 1. The molecule has 0 radical (unpaired) electrons. The normalized spacial score (nSPS) is 10.2. The number of amides is 1. The van der Waals surface area contributed by atoms with Gasteiger partial charge in [-0.05, 0) is 20.0 Å². The highest BCUT2D eigenvalue weighted by molar-refractivity contribution is 5.66. The Hall–Kier alpha value is -0.770. The van der Waals surface area contributed by atoms with Crippen LogP contribution in [-0.2, 0) is 4.74 Å². The first kappa shape index (κ1) is 12.2. The summed E-state index contributed by atoms with van der Waals surface area (Å²) in [5.74, 6) is 0. The van der Waals surface area contributed by atoms with Crippen LogP contribution in [0.1, 0.15) is 20.8 Å². The molecule has 1 N–H and O–H groups in total. The van der Waals surface area contributed by atoms with E-state index >= 15 is 0 Å². The second kappa shape index (κ2) is 7.86. The van der Waals surface area contributed by atoms with E-state index in [2.05, 4.69) is 24.1 Å². The fraction of sp³-hybridized carbons (Fsp3) is 0.889. The van der Waals surface area contributed by atoms with E-state index in [1.165, 1.54) is 0 Å². The van der Waals surface area contributed by atoms with Gasteiger partial charge in [-0.2, -0.15) is 0 Å². The molecular weight excluding hydrogens is 168 g/mol. The highest BCUT2D eigenvalue weighted by atomic mass is 16.5. The molecule has 0 aromatic heterocycles. The van der Waals surface area contributed by atoms with E-state index in [1.54, 1.807) is 0 Å². The number of carbonyl (C=O) groups is 1. The molecule has 1 amide bonds. The minimum absolute atomic E-state index is 0.324. The van der Waals surface area contributed by atoms with Crippen molar-refractivity contribution < 1.29 is 9.53 Å². The molecule has 0 aliphatic rings. The molecule has 0 bridgehead atoms. The summed E-state index contributed by atoms with van der Waals surface area (Å²) in [6.07, 6.45) is -0.324. The van der Waals surface area contributed by atoms with Crippen molar-refractivity contribution >= 4 is 6.09 Å². The maximum absolute atomic E-state index is 10.8. The molecule has 4 nitrogen and oxygen atoms in total. The molecule has 0 saturated carbocycles. The van der Waals surface area contributed by atoms with Gasteiger partial charge in [-0.3, -0.25) is 0 Å². The monoisotopic (exact) mass is 188 g/mol. The Morgan fingerprint density at radius 1 is 1.31 bits per heavy atom. The molecule has 13 heavy (non-hydrogen) atoms. The highest BCUT2D eigenvalue weighted by Gasteiger charge is 2.01. The van der Waals surface area contributed by atoms with Crippen molar-refractivity contribution in [2.75, 3.05) is 32.8 Å². The summed E-state index contributed by atoms with van der Waals surface area (Å²) < 4.78 is 4.92. The fourth-order valence-corrected chi connectivity index (χ4v) is 1.00. The van der Waals surface area contributed by atoms with Crippen molar-refractivity contribution in [1.82, 2.24) is 10.2 Å². The van der Waals surface area contributed by atoms with Crippen LogP contribution in [-0.4, -0.2) is 43.8 Å². The van der Waals surface area contributed by atoms with Crippen molar-refractivity contribution in [3.63, 3.8) is 0 Å². The molecule has 0 unspecified atom stereocenters. The quantitative estimate of drug-likeness (QED) is 0.678. The molecule has 78 valence electrons. The number of alkyl carbamates (subject to hydrolysis) is 1. The molecule has 0 heterocycles. The number of nitrogens with zero attached hydrogens (tertiary/aromatic N) is 1. The van der Waals surface area contributed by atoms with E-state index in [0.29, 0.717) is 13.2 Å². The highest BCUT2D eigenvalue weighted by Crippen LogP contribution is 1.87. The maximum atomic E-state index is 10.8. The lowest BCUT2D eigenvalue weighted by Crippen LogP contribution is -2.30. The van der Waals surface area contributed by atoms with Crippen LogP contribution in [0.25, 0.3) is 0 Å². The molecule has 4 heteroatoms. The zero-order valence-corrected chi connectivity index (χ0v) is 8.80. The van der Waals surface area contributed by atoms with Crippen LogP contribution in [0.5, 0.6) is 0 Å².